The van der Waals surface area contributed by atoms with Gasteiger partial charge >= 0.3 is 97.3 Å². The average molecular weight is 990 g/mol. The highest BCUT2D eigenvalue weighted by Gasteiger charge is 2.82. The number of ether oxygens (including phenoxy) is 15. The SMILES string of the molecule is CC1(C(F)(F)F)OC=C(F)O1.CC1(F)OC(F)(F)OC(F)(F)C12OC=C(F)O2.FC(F)(F)OC1=COC(F)(F)O1.FC1=COC(F)(F)O1.FC1=COC2(COC(F)(F)OC2(F)F)O1. The lowest BCUT2D eigenvalue weighted by atomic mass is 10.1. The van der Waals surface area contributed by atoms with E-state index in [4.69, 9.17) is 0 Å². The summed E-state index contributed by atoms with van der Waals surface area (Å²) in [5.41, 5.74) is 0. The maximum atomic E-state index is 13.7. The van der Waals surface area contributed by atoms with E-state index >= 15 is 0 Å². The predicted octanol–water partition coefficient (Wildman–Crippen LogP) is 9.41. The van der Waals surface area contributed by atoms with Crippen molar-refractivity contribution in [2.45, 2.75) is 87.0 Å². The van der Waals surface area contributed by atoms with Crippen LogP contribution in [0.2, 0.25) is 0 Å². The Labute approximate surface area is 328 Å². The third-order valence-electron chi connectivity index (χ3n) is 6.23. The Hall–Kier alpha value is -5.27. The standard InChI is InChI=1S/C7H4F6O4.C6H3F5O4.C5H4F4O2.C4HF5O3.C3HF3O2/c1-4(9)5(14-2-3(8)15-5)6(10,11)17-7(12,13)16-4;7-3-1-12-4(14-3)2-13-6(10,11)15-5(4,8)9;1-4(5(7,8)9)10-2-3(6)11-4;5-3(6,7)11-2-1-10-4(8,9)12-2;4-2-1-7-3(5,6)8-2/h2H,1H3;1H,2H2;2H,1H3;1H;1H. The summed E-state index contributed by atoms with van der Waals surface area (Å²) in [6.45, 7) is -0.614. The molecule has 0 aromatic rings. The first-order valence-corrected chi connectivity index (χ1v) is 14.5. The normalized spacial score (nSPS) is 32.7. The van der Waals surface area contributed by atoms with Gasteiger partial charge in [-0.05, 0) is 0 Å². The van der Waals surface area contributed by atoms with Gasteiger partial charge in [-0.15, -0.1) is 48.3 Å². The number of hydrogen-bond donors (Lipinski definition) is 0. The van der Waals surface area contributed by atoms with E-state index in [1.54, 1.807) is 0 Å². The summed E-state index contributed by atoms with van der Waals surface area (Å²) in [5, 5.41) is 0. The third kappa shape index (κ3) is 12.7. The predicted molar refractivity (Wildman–Crippen MR) is 131 cm³/mol. The quantitative estimate of drug-likeness (QED) is 0.231. The van der Waals surface area contributed by atoms with E-state index in [0.717, 1.165) is 0 Å². The topological polar surface area (TPSA) is 138 Å². The van der Waals surface area contributed by atoms with Gasteiger partial charge in [-0.2, -0.15) is 48.3 Å². The molecule has 4 unspecified atom stereocenters. The Morgan fingerprint density at radius 2 is 0.937 bits per heavy atom. The molecule has 0 aromatic heterocycles. The minimum Gasteiger partial charge on any atom is -0.446 e. The van der Waals surface area contributed by atoms with E-state index < -0.39 is 110 Å². The molecule has 0 saturated carbocycles. The number of halogens is 23. The van der Waals surface area contributed by atoms with E-state index in [1.165, 1.54) is 0 Å². The summed E-state index contributed by atoms with van der Waals surface area (Å²) in [6, 6.07) is -5.99. The molecule has 7 rings (SSSR count). The molecule has 4 atom stereocenters. The van der Waals surface area contributed by atoms with E-state index in [2.05, 4.69) is 71.1 Å². The fraction of sp³-hybridized carbons (Fsp3) is 0.600. The first-order valence-electron chi connectivity index (χ1n) is 14.5. The maximum absolute atomic E-state index is 13.7. The molecule has 7 aliphatic rings. The van der Waals surface area contributed by atoms with Crippen LogP contribution in [0.5, 0.6) is 0 Å². The number of rotatable bonds is 1. The Bertz CT molecular complexity index is 1790. The van der Waals surface area contributed by atoms with E-state index in [0.29, 0.717) is 6.92 Å². The molecular formula is C25H13F23O15. The van der Waals surface area contributed by atoms with Crippen molar-refractivity contribution in [1.29, 1.82) is 0 Å². The number of hydrogen-bond acceptors (Lipinski definition) is 15. The van der Waals surface area contributed by atoms with Crippen molar-refractivity contribution in [3.8, 4) is 0 Å². The van der Waals surface area contributed by atoms with Crippen LogP contribution in [0.3, 0.4) is 0 Å². The van der Waals surface area contributed by atoms with Gasteiger partial charge in [-0.1, -0.05) is 0 Å². The van der Waals surface area contributed by atoms with Gasteiger partial charge in [0.25, 0.3) is 5.85 Å². The molecule has 63 heavy (non-hydrogen) atoms. The van der Waals surface area contributed by atoms with Gasteiger partial charge in [-0.25, -0.2) is 18.6 Å². The van der Waals surface area contributed by atoms with Crippen molar-refractivity contribution in [2.24, 2.45) is 0 Å². The van der Waals surface area contributed by atoms with Crippen LogP contribution in [0.25, 0.3) is 0 Å². The highest BCUT2D eigenvalue weighted by molar-refractivity contribution is 5.04. The molecule has 0 amide bonds. The molecule has 7 aliphatic heterocycles. The van der Waals surface area contributed by atoms with Gasteiger partial charge in [0.15, 0.2) is 31.3 Å². The van der Waals surface area contributed by atoms with Crippen LogP contribution in [-0.2, 0) is 71.1 Å². The summed E-state index contributed by atoms with van der Waals surface area (Å²) >= 11 is 0. The Balaban J connectivity index is 0.000000214. The first kappa shape index (κ1) is 52.1. The van der Waals surface area contributed by atoms with Crippen LogP contribution >= 0.6 is 0 Å². The molecule has 2 saturated heterocycles. The van der Waals surface area contributed by atoms with Crippen molar-refractivity contribution < 1.29 is 172 Å². The van der Waals surface area contributed by atoms with Crippen LogP contribution in [-0.4, -0.2) is 79.8 Å². The van der Waals surface area contributed by atoms with Crippen LogP contribution in [0.4, 0.5) is 101 Å². The third-order valence-corrected chi connectivity index (χ3v) is 6.23. The van der Waals surface area contributed by atoms with Gasteiger partial charge in [0.05, 0.1) is 0 Å². The lowest BCUT2D eigenvalue weighted by Gasteiger charge is -2.46. The lowest BCUT2D eigenvalue weighted by Crippen LogP contribution is -2.71. The molecule has 0 aliphatic carbocycles. The van der Waals surface area contributed by atoms with Crippen LogP contribution in [0, 0.1) is 0 Å². The zero-order valence-corrected chi connectivity index (χ0v) is 28.9. The highest BCUT2D eigenvalue weighted by Crippen LogP contribution is 2.56. The molecule has 0 bridgehead atoms. The minimum atomic E-state index is -5.07. The van der Waals surface area contributed by atoms with Gasteiger partial charge in [0, 0.05) is 13.8 Å². The van der Waals surface area contributed by atoms with Crippen molar-refractivity contribution >= 4 is 0 Å². The molecular weight excluding hydrogens is 977 g/mol. The zero-order valence-electron chi connectivity index (χ0n) is 28.9. The molecule has 2 spiro atoms. The molecule has 0 N–H and O–H groups in total. The molecule has 15 nitrogen and oxygen atoms in total. The number of alkyl halides is 19. The smallest absolute Gasteiger partial charge is 0.446 e. The molecule has 0 aromatic carbocycles. The second-order valence-corrected chi connectivity index (χ2v) is 11.0. The summed E-state index contributed by atoms with van der Waals surface area (Å²) in [5.74, 6) is -15.0. The first-order chi connectivity index (χ1) is 28.0. The largest absolute Gasteiger partial charge is 0.588 e. The Morgan fingerprint density at radius 1 is 0.476 bits per heavy atom. The fourth-order valence-corrected chi connectivity index (χ4v) is 3.72. The molecule has 7 heterocycles. The van der Waals surface area contributed by atoms with Crippen LogP contribution in [0.15, 0.2) is 61.3 Å². The molecule has 2 fully saturated rings. The van der Waals surface area contributed by atoms with Crippen molar-refractivity contribution in [3.63, 3.8) is 0 Å². The monoisotopic (exact) mass is 990 g/mol. The summed E-state index contributed by atoms with van der Waals surface area (Å²) in [4.78, 5) is 0. The van der Waals surface area contributed by atoms with E-state index in [1.807, 2.05) is 0 Å². The van der Waals surface area contributed by atoms with Gasteiger partial charge in [-0.3, -0.25) is 4.74 Å². The van der Waals surface area contributed by atoms with Gasteiger partial charge in [0.2, 0.25) is 0 Å². The summed E-state index contributed by atoms with van der Waals surface area (Å²) in [6.07, 6.45) is -35.9. The van der Waals surface area contributed by atoms with E-state index in [9.17, 15) is 101 Å². The van der Waals surface area contributed by atoms with Crippen LogP contribution in [0.1, 0.15) is 13.8 Å². The molecule has 38 heteroatoms. The minimum absolute atomic E-state index is 0.0120. The van der Waals surface area contributed by atoms with Crippen molar-refractivity contribution in [3.05, 3.63) is 61.3 Å². The lowest BCUT2D eigenvalue weighted by molar-refractivity contribution is -0.608. The van der Waals surface area contributed by atoms with Crippen molar-refractivity contribution in [1.82, 2.24) is 0 Å². The summed E-state index contributed by atoms with van der Waals surface area (Å²) < 4.78 is 333. The van der Waals surface area contributed by atoms with Crippen LogP contribution < -0.4 is 0 Å². The fourth-order valence-electron chi connectivity index (χ4n) is 3.72. The second-order valence-electron chi connectivity index (χ2n) is 11.0. The van der Waals surface area contributed by atoms with E-state index in [-0.39, 0.29) is 38.2 Å². The van der Waals surface area contributed by atoms with Crippen molar-refractivity contribution in [2.75, 3.05) is 6.61 Å². The maximum Gasteiger partial charge on any atom is 0.588 e. The highest BCUT2D eigenvalue weighted by atomic mass is 19.4. The van der Waals surface area contributed by atoms with Gasteiger partial charge in [0.1, 0.15) is 6.61 Å². The Kier molecular flexibility index (Phi) is 13.8. The average Bonchev–Trinajstić information content (AvgIpc) is 3.87. The summed E-state index contributed by atoms with van der Waals surface area (Å²) in [7, 11) is 0. The zero-order chi connectivity index (χ0) is 48.7. The Morgan fingerprint density at radius 3 is 1.27 bits per heavy atom. The van der Waals surface area contributed by atoms with Gasteiger partial charge < -0.3 is 52.1 Å². The molecule has 0 radical (unpaired) electrons. The second kappa shape index (κ2) is 16.7. The molecule has 364 valence electrons.